The predicted octanol–water partition coefficient (Wildman–Crippen LogP) is 2.16. The molecule has 0 saturated carbocycles. The Morgan fingerprint density at radius 1 is 1.56 bits per heavy atom. The maximum absolute atomic E-state index is 11.8. The zero-order valence-corrected chi connectivity index (χ0v) is 11.3. The summed E-state index contributed by atoms with van der Waals surface area (Å²) in [6.45, 7) is 9.13. The Kier molecular flexibility index (Phi) is 5.05. The second kappa shape index (κ2) is 6.12. The van der Waals surface area contributed by atoms with E-state index in [1.807, 2.05) is 13.0 Å². The normalized spacial score (nSPS) is 26.2. The number of hydrogen-bond donors (Lipinski definition) is 2. The molecule has 1 aliphatic rings. The molecule has 0 heterocycles. The van der Waals surface area contributed by atoms with Crippen molar-refractivity contribution in [2.24, 2.45) is 5.92 Å². The highest BCUT2D eigenvalue weighted by molar-refractivity contribution is 6.01. The summed E-state index contributed by atoms with van der Waals surface area (Å²) in [6, 6.07) is 0. The smallest absolute Gasteiger partial charge is 0.168 e. The van der Waals surface area contributed by atoms with E-state index in [1.54, 1.807) is 19.9 Å². The summed E-state index contributed by atoms with van der Waals surface area (Å²) in [7, 11) is 0. The average Bonchev–Trinajstić information content (AvgIpc) is 2.52. The highest BCUT2D eigenvalue weighted by atomic mass is 16.3. The van der Waals surface area contributed by atoms with Crippen LogP contribution in [0.4, 0.5) is 0 Å². The first kappa shape index (κ1) is 14.9. The van der Waals surface area contributed by atoms with Crippen LogP contribution >= 0.6 is 0 Å². The van der Waals surface area contributed by atoms with Gasteiger partial charge in [0.15, 0.2) is 5.78 Å². The molecule has 0 radical (unpaired) electrons. The Bertz CT molecular complexity index is 404. The molecule has 18 heavy (non-hydrogen) atoms. The molecule has 0 amide bonds. The van der Waals surface area contributed by atoms with Crippen molar-refractivity contribution in [1.29, 1.82) is 0 Å². The van der Waals surface area contributed by atoms with E-state index < -0.39 is 18.1 Å². The van der Waals surface area contributed by atoms with Gasteiger partial charge in [0.1, 0.15) is 0 Å². The lowest BCUT2D eigenvalue weighted by molar-refractivity contribution is -0.118. The van der Waals surface area contributed by atoms with Crippen LogP contribution in [-0.2, 0) is 4.79 Å². The number of rotatable bonds is 5. The standard InChI is InChI=1S/C15H22O3/c1-9(2)13(16)6-5-10(3)7-12-14(17)8-11(4)15(12)18/h7-8,12-14,16-17H,1,5-6H2,2-4H3. The van der Waals surface area contributed by atoms with Crippen molar-refractivity contribution in [3.05, 3.63) is 35.5 Å². The molecule has 3 nitrogen and oxygen atoms in total. The molecular weight excluding hydrogens is 228 g/mol. The van der Waals surface area contributed by atoms with Crippen LogP contribution in [0.2, 0.25) is 0 Å². The second-order valence-corrected chi connectivity index (χ2v) is 5.14. The molecule has 0 saturated heterocycles. The first-order valence-electron chi connectivity index (χ1n) is 6.24. The fourth-order valence-corrected chi connectivity index (χ4v) is 2.03. The number of carbonyl (C=O) groups excluding carboxylic acids is 1. The molecule has 3 atom stereocenters. The van der Waals surface area contributed by atoms with E-state index in [0.717, 1.165) is 11.1 Å². The van der Waals surface area contributed by atoms with E-state index in [9.17, 15) is 15.0 Å². The lowest BCUT2D eigenvalue weighted by Gasteiger charge is -2.13. The highest BCUT2D eigenvalue weighted by Gasteiger charge is 2.30. The number of aliphatic hydroxyl groups is 2. The SMILES string of the molecule is C=C(C)C(O)CCC(C)=CC1C(=O)C(C)=CC1O. The Morgan fingerprint density at radius 3 is 2.61 bits per heavy atom. The molecule has 0 spiro atoms. The van der Waals surface area contributed by atoms with Crippen LogP contribution in [0.15, 0.2) is 35.5 Å². The third-order valence-electron chi connectivity index (χ3n) is 3.33. The molecular formula is C15H22O3. The van der Waals surface area contributed by atoms with Crippen LogP contribution in [0.1, 0.15) is 33.6 Å². The molecule has 1 aliphatic carbocycles. The van der Waals surface area contributed by atoms with Gasteiger partial charge in [-0.2, -0.15) is 0 Å². The Balaban J connectivity index is 2.57. The minimum absolute atomic E-state index is 0.0118. The fourth-order valence-electron chi connectivity index (χ4n) is 2.03. The minimum atomic E-state index is -0.710. The number of hydrogen-bond acceptors (Lipinski definition) is 3. The second-order valence-electron chi connectivity index (χ2n) is 5.14. The quantitative estimate of drug-likeness (QED) is 0.735. The monoisotopic (exact) mass is 250 g/mol. The van der Waals surface area contributed by atoms with Gasteiger partial charge in [-0.1, -0.05) is 23.8 Å². The topological polar surface area (TPSA) is 57.5 Å². The maximum Gasteiger partial charge on any atom is 0.168 e. The van der Waals surface area contributed by atoms with Crippen molar-refractivity contribution in [2.75, 3.05) is 0 Å². The van der Waals surface area contributed by atoms with Crippen LogP contribution in [-0.4, -0.2) is 28.2 Å². The van der Waals surface area contributed by atoms with Gasteiger partial charge < -0.3 is 10.2 Å². The molecule has 0 aliphatic heterocycles. The van der Waals surface area contributed by atoms with Crippen molar-refractivity contribution in [3.8, 4) is 0 Å². The van der Waals surface area contributed by atoms with E-state index >= 15 is 0 Å². The number of Topliss-reactive ketones (excluding diaryl/α,β-unsaturated/α-hetero) is 1. The molecule has 0 fully saturated rings. The number of allylic oxidation sites excluding steroid dienone is 2. The molecule has 3 heteroatoms. The summed E-state index contributed by atoms with van der Waals surface area (Å²) in [4.78, 5) is 11.8. The van der Waals surface area contributed by atoms with Crippen molar-refractivity contribution in [2.45, 2.75) is 45.8 Å². The molecule has 0 aromatic rings. The van der Waals surface area contributed by atoms with Crippen LogP contribution < -0.4 is 0 Å². The molecule has 3 unspecified atom stereocenters. The van der Waals surface area contributed by atoms with E-state index in [-0.39, 0.29) is 5.78 Å². The molecule has 0 aromatic carbocycles. The number of aliphatic hydroxyl groups excluding tert-OH is 2. The molecule has 100 valence electrons. The zero-order chi connectivity index (χ0) is 13.9. The molecule has 2 N–H and O–H groups in total. The first-order chi connectivity index (χ1) is 8.32. The van der Waals surface area contributed by atoms with E-state index in [0.29, 0.717) is 18.4 Å². The van der Waals surface area contributed by atoms with Gasteiger partial charge in [-0.3, -0.25) is 4.79 Å². The summed E-state index contributed by atoms with van der Waals surface area (Å²) >= 11 is 0. The Hall–Kier alpha value is -1.19. The lowest BCUT2D eigenvalue weighted by atomic mass is 9.96. The minimum Gasteiger partial charge on any atom is -0.389 e. The molecule has 0 bridgehead atoms. The third-order valence-corrected chi connectivity index (χ3v) is 3.33. The van der Waals surface area contributed by atoms with E-state index in [1.165, 1.54) is 0 Å². The fraction of sp³-hybridized carbons (Fsp3) is 0.533. The van der Waals surface area contributed by atoms with Gasteiger partial charge in [0.25, 0.3) is 0 Å². The van der Waals surface area contributed by atoms with E-state index in [4.69, 9.17) is 0 Å². The summed E-state index contributed by atoms with van der Waals surface area (Å²) in [5.74, 6) is -0.464. The van der Waals surface area contributed by atoms with Gasteiger partial charge in [-0.05, 0) is 45.3 Å². The van der Waals surface area contributed by atoms with Gasteiger partial charge in [0.05, 0.1) is 18.1 Å². The van der Waals surface area contributed by atoms with Crippen molar-refractivity contribution in [1.82, 2.24) is 0 Å². The van der Waals surface area contributed by atoms with Crippen molar-refractivity contribution < 1.29 is 15.0 Å². The average molecular weight is 250 g/mol. The van der Waals surface area contributed by atoms with Crippen molar-refractivity contribution >= 4 is 5.78 Å². The van der Waals surface area contributed by atoms with Crippen LogP contribution in [0.5, 0.6) is 0 Å². The first-order valence-corrected chi connectivity index (χ1v) is 6.24. The zero-order valence-electron chi connectivity index (χ0n) is 11.3. The molecule has 1 rings (SSSR count). The predicted molar refractivity (Wildman–Crippen MR) is 72.1 cm³/mol. The van der Waals surface area contributed by atoms with Gasteiger partial charge in [0, 0.05) is 0 Å². The summed E-state index contributed by atoms with van der Waals surface area (Å²) < 4.78 is 0. The number of carbonyl (C=O) groups is 1. The van der Waals surface area contributed by atoms with Gasteiger partial charge in [0.2, 0.25) is 0 Å². The van der Waals surface area contributed by atoms with E-state index in [2.05, 4.69) is 6.58 Å². The number of ketones is 1. The Labute approximate surface area is 109 Å². The Morgan fingerprint density at radius 2 is 2.17 bits per heavy atom. The van der Waals surface area contributed by atoms with Crippen LogP contribution in [0.25, 0.3) is 0 Å². The summed E-state index contributed by atoms with van der Waals surface area (Å²) in [5, 5.41) is 19.4. The lowest BCUT2D eigenvalue weighted by Crippen LogP contribution is -2.18. The van der Waals surface area contributed by atoms with Crippen molar-refractivity contribution in [3.63, 3.8) is 0 Å². The molecule has 0 aromatic heterocycles. The van der Waals surface area contributed by atoms with Gasteiger partial charge in [-0.15, -0.1) is 0 Å². The maximum atomic E-state index is 11.8. The third kappa shape index (κ3) is 3.65. The van der Waals surface area contributed by atoms with Crippen LogP contribution in [0.3, 0.4) is 0 Å². The largest absolute Gasteiger partial charge is 0.389 e. The van der Waals surface area contributed by atoms with Crippen LogP contribution in [0, 0.1) is 5.92 Å². The highest BCUT2D eigenvalue weighted by Crippen LogP contribution is 2.25. The van der Waals surface area contributed by atoms with Gasteiger partial charge >= 0.3 is 0 Å². The summed E-state index contributed by atoms with van der Waals surface area (Å²) in [5.41, 5.74) is 2.38. The van der Waals surface area contributed by atoms with Gasteiger partial charge in [-0.25, -0.2) is 0 Å². The summed E-state index contributed by atoms with van der Waals surface area (Å²) in [6.07, 6.45) is 3.49.